The quantitative estimate of drug-likeness (QED) is 0.750. The van der Waals surface area contributed by atoms with Crippen molar-refractivity contribution < 1.29 is 4.74 Å². The van der Waals surface area contributed by atoms with Gasteiger partial charge in [-0.15, -0.1) is 0 Å². The Hall–Kier alpha value is -1.25. The molecule has 1 aromatic heterocycles. The van der Waals surface area contributed by atoms with Crippen LogP contribution in [0.25, 0.3) is 0 Å². The highest BCUT2D eigenvalue weighted by molar-refractivity contribution is 5.52. The summed E-state index contributed by atoms with van der Waals surface area (Å²) < 4.78 is 5.49. The maximum Gasteiger partial charge on any atom is 0.168 e. The number of nitrogens with one attached hydrogen (secondary N) is 1. The molecule has 0 amide bonds. The van der Waals surface area contributed by atoms with Crippen molar-refractivity contribution in [3.05, 3.63) is 17.8 Å². The van der Waals surface area contributed by atoms with E-state index in [1.807, 2.05) is 6.20 Å². The molecule has 0 saturated heterocycles. The molecule has 3 nitrogen and oxygen atoms in total. The van der Waals surface area contributed by atoms with Gasteiger partial charge in [-0.2, -0.15) is 0 Å². The third kappa shape index (κ3) is 1.74. The van der Waals surface area contributed by atoms with Gasteiger partial charge in [0.25, 0.3) is 0 Å². The van der Waals surface area contributed by atoms with E-state index < -0.39 is 0 Å². The molecule has 0 aliphatic carbocycles. The van der Waals surface area contributed by atoms with E-state index in [0.29, 0.717) is 0 Å². The van der Waals surface area contributed by atoms with Gasteiger partial charge in [0, 0.05) is 6.20 Å². The Morgan fingerprint density at radius 3 is 3.38 bits per heavy atom. The highest BCUT2D eigenvalue weighted by atomic mass is 16.5. The fraction of sp³-hybridized carbons (Fsp3) is 0.500. The van der Waals surface area contributed by atoms with Crippen LogP contribution < -0.4 is 10.1 Å². The summed E-state index contributed by atoms with van der Waals surface area (Å²) in [5.74, 6) is 1.78. The number of rotatable bonds is 2. The van der Waals surface area contributed by atoms with Crippen LogP contribution in [0.5, 0.6) is 5.75 Å². The molecule has 1 aromatic rings. The zero-order valence-corrected chi connectivity index (χ0v) is 7.84. The molecule has 0 unspecified atom stereocenters. The van der Waals surface area contributed by atoms with E-state index in [2.05, 4.69) is 23.3 Å². The van der Waals surface area contributed by atoms with Gasteiger partial charge in [0.05, 0.1) is 6.54 Å². The summed E-state index contributed by atoms with van der Waals surface area (Å²) >= 11 is 0. The highest BCUT2D eigenvalue weighted by Crippen LogP contribution is 2.25. The van der Waals surface area contributed by atoms with Crippen molar-refractivity contribution in [1.82, 2.24) is 4.98 Å². The molecule has 1 aliphatic rings. The molecular formula is C10H14N2O. The van der Waals surface area contributed by atoms with Crippen LogP contribution in [0.1, 0.15) is 18.9 Å². The van der Waals surface area contributed by atoms with E-state index in [9.17, 15) is 0 Å². The second-order valence-corrected chi connectivity index (χ2v) is 3.22. The lowest BCUT2D eigenvalue weighted by Crippen LogP contribution is -2.19. The number of aryl methyl sites for hydroxylation is 1. The lowest BCUT2D eigenvalue weighted by atomic mass is 10.1. The number of ether oxygens (including phenoxy) is 1. The first-order chi connectivity index (χ1) is 6.40. The number of fused-ring (bicyclic) bond motifs is 1. The van der Waals surface area contributed by atoms with E-state index in [-0.39, 0.29) is 0 Å². The summed E-state index contributed by atoms with van der Waals surface area (Å²) in [5.41, 5.74) is 1.25. The maximum absolute atomic E-state index is 5.49. The number of hydrogen-bond donors (Lipinski definition) is 1. The zero-order valence-electron chi connectivity index (χ0n) is 7.84. The topological polar surface area (TPSA) is 34.1 Å². The number of aromatic nitrogens is 1. The van der Waals surface area contributed by atoms with Crippen molar-refractivity contribution in [2.24, 2.45) is 0 Å². The predicted molar refractivity (Wildman–Crippen MR) is 52.2 cm³/mol. The fourth-order valence-corrected chi connectivity index (χ4v) is 1.48. The minimum Gasteiger partial charge on any atom is -0.488 e. The molecule has 2 rings (SSSR count). The monoisotopic (exact) mass is 178 g/mol. The Kier molecular flexibility index (Phi) is 2.34. The average molecular weight is 178 g/mol. The molecular weight excluding hydrogens is 164 g/mol. The first kappa shape index (κ1) is 8.35. The number of pyridine rings is 1. The molecule has 0 atom stereocenters. The molecule has 0 bridgehead atoms. The molecule has 2 heterocycles. The van der Waals surface area contributed by atoms with E-state index in [1.54, 1.807) is 0 Å². The Morgan fingerprint density at radius 2 is 2.54 bits per heavy atom. The van der Waals surface area contributed by atoms with Crippen LogP contribution in [-0.4, -0.2) is 18.1 Å². The Bertz CT molecular complexity index is 299. The molecule has 70 valence electrons. The zero-order chi connectivity index (χ0) is 9.10. The standard InChI is InChI=1S/C10H14N2O/c1-2-3-8-6-9-10(12-7-8)11-4-5-13-9/h6-7H,2-5H2,1H3,(H,11,12). The Morgan fingerprint density at radius 1 is 1.62 bits per heavy atom. The smallest absolute Gasteiger partial charge is 0.168 e. The van der Waals surface area contributed by atoms with Crippen molar-refractivity contribution >= 4 is 5.82 Å². The summed E-state index contributed by atoms with van der Waals surface area (Å²) in [6.07, 6.45) is 4.14. The molecule has 0 saturated carbocycles. The van der Waals surface area contributed by atoms with E-state index >= 15 is 0 Å². The maximum atomic E-state index is 5.49. The normalized spacial score (nSPS) is 14.2. The van der Waals surface area contributed by atoms with E-state index in [1.165, 1.54) is 5.56 Å². The van der Waals surface area contributed by atoms with Crippen molar-refractivity contribution in [3.63, 3.8) is 0 Å². The molecule has 3 heteroatoms. The fourth-order valence-electron chi connectivity index (χ4n) is 1.48. The lowest BCUT2D eigenvalue weighted by Gasteiger charge is -2.18. The minimum absolute atomic E-state index is 0.740. The van der Waals surface area contributed by atoms with E-state index in [4.69, 9.17) is 4.74 Å². The average Bonchev–Trinajstić information content (AvgIpc) is 2.18. The summed E-state index contributed by atoms with van der Waals surface area (Å²) in [6, 6.07) is 2.08. The highest BCUT2D eigenvalue weighted by Gasteiger charge is 2.10. The van der Waals surface area contributed by atoms with Gasteiger partial charge in [0.2, 0.25) is 0 Å². The third-order valence-electron chi connectivity index (χ3n) is 2.10. The largest absolute Gasteiger partial charge is 0.488 e. The van der Waals surface area contributed by atoms with Gasteiger partial charge >= 0.3 is 0 Å². The second-order valence-electron chi connectivity index (χ2n) is 3.22. The van der Waals surface area contributed by atoms with Crippen LogP contribution in [-0.2, 0) is 6.42 Å². The molecule has 1 aliphatic heterocycles. The van der Waals surface area contributed by atoms with Crippen molar-refractivity contribution in [1.29, 1.82) is 0 Å². The van der Waals surface area contributed by atoms with Crippen LogP contribution >= 0.6 is 0 Å². The van der Waals surface area contributed by atoms with Gasteiger partial charge < -0.3 is 10.1 Å². The number of anilines is 1. The van der Waals surface area contributed by atoms with Gasteiger partial charge in [-0.05, 0) is 18.1 Å². The molecule has 0 radical (unpaired) electrons. The van der Waals surface area contributed by atoms with E-state index in [0.717, 1.165) is 37.6 Å². The molecule has 1 N–H and O–H groups in total. The molecule has 0 fully saturated rings. The van der Waals surface area contributed by atoms with Crippen LogP contribution in [0.2, 0.25) is 0 Å². The molecule has 0 spiro atoms. The Balaban J connectivity index is 2.24. The van der Waals surface area contributed by atoms with Gasteiger partial charge in [0.15, 0.2) is 11.6 Å². The first-order valence-corrected chi connectivity index (χ1v) is 4.75. The molecule has 13 heavy (non-hydrogen) atoms. The summed E-state index contributed by atoms with van der Waals surface area (Å²) in [5, 5.41) is 3.20. The summed E-state index contributed by atoms with van der Waals surface area (Å²) in [4.78, 5) is 4.30. The van der Waals surface area contributed by atoms with Crippen LogP contribution in [0.3, 0.4) is 0 Å². The SMILES string of the molecule is CCCc1cnc2c(c1)OCCN2. The summed E-state index contributed by atoms with van der Waals surface area (Å²) in [7, 11) is 0. The Labute approximate surface area is 78.1 Å². The first-order valence-electron chi connectivity index (χ1n) is 4.75. The minimum atomic E-state index is 0.740. The van der Waals surface area contributed by atoms with Gasteiger partial charge in [-0.1, -0.05) is 13.3 Å². The van der Waals surface area contributed by atoms with Gasteiger partial charge in [-0.25, -0.2) is 4.98 Å². The number of hydrogen-bond acceptors (Lipinski definition) is 3. The predicted octanol–water partition coefficient (Wildman–Crippen LogP) is 1.84. The second kappa shape index (κ2) is 3.64. The van der Waals surface area contributed by atoms with Gasteiger partial charge in [-0.3, -0.25) is 0 Å². The lowest BCUT2D eigenvalue weighted by molar-refractivity contribution is 0.321. The van der Waals surface area contributed by atoms with Crippen molar-refractivity contribution in [3.8, 4) is 5.75 Å². The van der Waals surface area contributed by atoms with Crippen LogP contribution in [0, 0.1) is 0 Å². The molecule has 0 aromatic carbocycles. The summed E-state index contributed by atoms with van der Waals surface area (Å²) in [6.45, 7) is 3.76. The van der Waals surface area contributed by atoms with Gasteiger partial charge in [0.1, 0.15) is 6.61 Å². The third-order valence-corrected chi connectivity index (χ3v) is 2.10. The van der Waals surface area contributed by atoms with Crippen LogP contribution in [0.15, 0.2) is 12.3 Å². The number of nitrogens with zero attached hydrogens (tertiary/aromatic N) is 1. The van der Waals surface area contributed by atoms with Crippen molar-refractivity contribution in [2.45, 2.75) is 19.8 Å². The van der Waals surface area contributed by atoms with Crippen LogP contribution in [0.4, 0.5) is 5.82 Å². The van der Waals surface area contributed by atoms with Crippen molar-refractivity contribution in [2.75, 3.05) is 18.5 Å².